The lowest BCUT2D eigenvalue weighted by molar-refractivity contribution is -0.128. The minimum absolute atomic E-state index is 0.231. The van der Waals surface area contributed by atoms with Crippen molar-refractivity contribution in [1.29, 1.82) is 0 Å². The summed E-state index contributed by atoms with van der Waals surface area (Å²) in [6.45, 7) is 5.69. The topological polar surface area (TPSA) is 41.6 Å². The summed E-state index contributed by atoms with van der Waals surface area (Å²) < 4.78 is 5.13. The molecule has 1 unspecified atom stereocenters. The van der Waals surface area contributed by atoms with Crippen LogP contribution in [0.5, 0.6) is 5.75 Å². The number of ether oxygens (including phenoxy) is 1. The van der Waals surface area contributed by atoms with Crippen molar-refractivity contribution < 1.29 is 9.53 Å². The fraction of sp³-hybridized carbons (Fsp3) is 0.533. The summed E-state index contributed by atoms with van der Waals surface area (Å²) in [5, 5.41) is 3.42. The van der Waals surface area contributed by atoms with E-state index >= 15 is 0 Å². The van der Waals surface area contributed by atoms with Gasteiger partial charge in [0.2, 0.25) is 5.91 Å². The van der Waals surface area contributed by atoms with Crippen LogP contribution in [0.4, 0.5) is 0 Å². The van der Waals surface area contributed by atoms with Gasteiger partial charge in [-0.15, -0.1) is 0 Å². The van der Waals surface area contributed by atoms with Crippen LogP contribution in [-0.4, -0.2) is 36.5 Å². The maximum absolute atomic E-state index is 12.0. The van der Waals surface area contributed by atoms with Gasteiger partial charge >= 0.3 is 0 Å². The van der Waals surface area contributed by atoms with E-state index in [9.17, 15) is 4.79 Å². The van der Waals surface area contributed by atoms with Crippen molar-refractivity contribution in [2.75, 3.05) is 13.7 Å². The lowest BCUT2D eigenvalue weighted by atomic mass is 10.2. The first-order chi connectivity index (χ1) is 9.08. The van der Waals surface area contributed by atoms with Gasteiger partial charge in [-0.25, -0.2) is 0 Å². The van der Waals surface area contributed by atoms with E-state index in [0.29, 0.717) is 19.0 Å². The van der Waals surface area contributed by atoms with Crippen LogP contribution >= 0.6 is 0 Å². The summed E-state index contributed by atoms with van der Waals surface area (Å²) in [6.07, 6.45) is 0.605. The van der Waals surface area contributed by atoms with Gasteiger partial charge < -0.3 is 15.0 Å². The van der Waals surface area contributed by atoms with Gasteiger partial charge in [0.15, 0.2) is 0 Å². The van der Waals surface area contributed by atoms with Crippen molar-refractivity contribution in [1.82, 2.24) is 10.2 Å². The molecule has 0 aromatic heterocycles. The number of rotatable bonds is 5. The number of carbonyl (C=O) groups excluding carboxylic acids is 1. The molecule has 4 heteroatoms. The van der Waals surface area contributed by atoms with Crippen LogP contribution in [-0.2, 0) is 11.3 Å². The van der Waals surface area contributed by atoms with E-state index in [-0.39, 0.29) is 11.9 Å². The molecule has 104 valence electrons. The third-order valence-electron chi connectivity index (χ3n) is 3.32. The Morgan fingerprint density at radius 2 is 2.05 bits per heavy atom. The fourth-order valence-electron chi connectivity index (χ4n) is 2.46. The highest BCUT2D eigenvalue weighted by atomic mass is 16.5. The molecule has 1 aliphatic rings. The second-order valence-electron chi connectivity index (χ2n) is 5.34. The van der Waals surface area contributed by atoms with E-state index in [2.05, 4.69) is 19.2 Å². The predicted molar refractivity (Wildman–Crippen MR) is 75.1 cm³/mol. The largest absolute Gasteiger partial charge is 0.497 e. The zero-order valence-electron chi connectivity index (χ0n) is 11.8. The molecule has 19 heavy (non-hydrogen) atoms. The lowest BCUT2D eigenvalue weighted by Crippen LogP contribution is -2.36. The Kier molecular flexibility index (Phi) is 4.43. The summed E-state index contributed by atoms with van der Waals surface area (Å²) in [6, 6.07) is 8.58. The van der Waals surface area contributed by atoms with Gasteiger partial charge in [0.25, 0.3) is 0 Å². The summed E-state index contributed by atoms with van der Waals surface area (Å²) in [5.41, 5.74) is 1.14. The molecule has 0 radical (unpaired) electrons. The Morgan fingerprint density at radius 3 is 2.63 bits per heavy atom. The van der Waals surface area contributed by atoms with Crippen LogP contribution in [0.2, 0.25) is 0 Å². The van der Waals surface area contributed by atoms with Gasteiger partial charge in [0, 0.05) is 31.6 Å². The molecule has 1 aromatic rings. The third-order valence-corrected chi connectivity index (χ3v) is 3.32. The van der Waals surface area contributed by atoms with E-state index in [0.717, 1.165) is 17.9 Å². The van der Waals surface area contributed by atoms with E-state index < -0.39 is 0 Å². The van der Waals surface area contributed by atoms with Crippen LogP contribution in [0, 0.1) is 0 Å². The number of hydrogen-bond donors (Lipinski definition) is 1. The fourth-order valence-corrected chi connectivity index (χ4v) is 2.46. The molecule has 1 saturated heterocycles. The maximum atomic E-state index is 12.0. The molecule has 1 atom stereocenters. The lowest BCUT2D eigenvalue weighted by Gasteiger charge is -2.18. The number of likely N-dealkylation sites (tertiary alicyclic amines) is 1. The minimum atomic E-state index is 0.231. The molecular formula is C15H22N2O2. The number of amides is 1. The molecule has 0 saturated carbocycles. The van der Waals surface area contributed by atoms with E-state index in [1.807, 2.05) is 29.2 Å². The van der Waals surface area contributed by atoms with Crippen LogP contribution in [0.15, 0.2) is 24.3 Å². The van der Waals surface area contributed by atoms with Crippen molar-refractivity contribution in [3.63, 3.8) is 0 Å². The SMILES string of the molecule is COc1ccc(CN2CC(NC(C)C)CC2=O)cc1. The van der Waals surface area contributed by atoms with Crippen molar-refractivity contribution >= 4 is 5.91 Å². The Morgan fingerprint density at radius 1 is 1.37 bits per heavy atom. The van der Waals surface area contributed by atoms with Crippen LogP contribution in [0.1, 0.15) is 25.8 Å². The molecule has 0 bridgehead atoms. The molecule has 1 aromatic carbocycles. The number of hydrogen-bond acceptors (Lipinski definition) is 3. The number of nitrogens with one attached hydrogen (secondary N) is 1. The van der Waals surface area contributed by atoms with Crippen LogP contribution in [0.25, 0.3) is 0 Å². The normalized spacial score (nSPS) is 19.3. The number of methoxy groups -OCH3 is 1. The molecule has 2 rings (SSSR count). The number of nitrogens with zero attached hydrogens (tertiary/aromatic N) is 1. The van der Waals surface area contributed by atoms with Crippen LogP contribution in [0.3, 0.4) is 0 Å². The predicted octanol–water partition coefficient (Wildman–Crippen LogP) is 1.79. The monoisotopic (exact) mass is 262 g/mol. The highest BCUT2D eigenvalue weighted by Gasteiger charge is 2.29. The van der Waals surface area contributed by atoms with Crippen molar-refractivity contribution in [2.24, 2.45) is 0 Å². The second kappa shape index (κ2) is 6.06. The smallest absolute Gasteiger partial charge is 0.224 e. The van der Waals surface area contributed by atoms with E-state index in [4.69, 9.17) is 4.74 Å². The molecular weight excluding hydrogens is 240 g/mol. The summed E-state index contributed by atoms with van der Waals surface area (Å²) in [5.74, 6) is 1.07. The molecule has 4 nitrogen and oxygen atoms in total. The van der Waals surface area contributed by atoms with Gasteiger partial charge in [-0.2, -0.15) is 0 Å². The molecule has 1 heterocycles. The van der Waals surface area contributed by atoms with E-state index in [1.165, 1.54) is 0 Å². The second-order valence-corrected chi connectivity index (χ2v) is 5.34. The average molecular weight is 262 g/mol. The van der Waals surface area contributed by atoms with Gasteiger partial charge in [-0.1, -0.05) is 26.0 Å². The number of benzene rings is 1. The quantitative estimate of drug-likeness (QED) is 0.879. The standard InChI is InChI=1S/C15H22N2O2/c1-11(2)16-13-8-15(18)17(10-13)9-12-4-6-14(19-3)7-5-12/h4-7,11,13,16H,8-10H2,1-3H3. The summed E-state index contributed by atoms with van der Waals surface area (Å²) >= 11 is 0. The van der Waals surface area contributed by atoms with E-state index in [1.54, 1.807) is 7.11 Å². The Labute approximate surface area is 114 Å². The highest BCUT2D eigenvalue weighted by molar-refractivity contribution is 5.79. The summed E-state index contributed by atoms with van der Waals surface area (Å²) in [7, 11) is 1.65. The van der Waals surface area contributed by atoms with Gasteiger partial charge in [-0.3, -0.25) is 4.79 Å². The van der Waals surface area contributed by atoms with Crippen molar-refractivity contribution in [3.05, 3.63) is 29.8 Å². The molecule has 0 aliphatic carbocycles. The first-order valence-electron chi connectivity index (χ1n) is 6.75. The minimum Gasteiger partial charge on any atom is -0.497 e. The zero-order valence-corrected chi connectivity index (χ0v) is 11.8. The molecule has 1 amide bonds. The molecule has 1 fully saturated rings. The van der Waals surface area contributed by atoms with Gasteiger partial charge in [0.05, 0.1) is 7.11 Å². The molecule has 1 aliphatic heterocycles. The first kappa shape index (κ1) is 13.9. The molecule has 1 N–H and O–H groups in total. The van der Waals surface area contributed by atoms with Gasteiger partial charge in [-0.05, 0) is 17.7 Å². The Hall–Kier alpha value is -1.55. The van der Waals surface area contributed by atoms with Crippen molar-refractivity contribution in [2.45, 2.75) is 38.9 Å². The number of carbonyl (C=O) groups is 1. The Bertz CT molecular complexity index is 428. The highest BCUT2D eigenvalue weighted by Crippen LogP contribution is 2.17. The van der Waals surface area contributed by atoms with Crippen molar-refractivity contribution in [3.8, 4) is 5.75 Å². The maximum Gasteiger partial charge on any atom is 0.224 e. The first-order valence-corrected chi connectivity index (χ1v) is 6.75. The average Bonchev–Trinajstić information content (AvgIpc) is 2.69. The van der Waals surface area contributed by atoms with Gasteiger partial charge in [0.1, 0.15) is 5.75 Å². The van der Waals surface area contributed by atoms with Crippen LogP contribution < -0.4 is 10.1 Å². The molecule has 0 spiro atoms. The third kappa shape index (κ3) is 3.70. The Balaban J connectivity index is 1.93. The summed E-state index contributed by atoms with van der Waals surface area (Å²) in [4.78, 5) is 13.9. The zero-order chi connectivity index (χ0) is 13.8.